The fourth-order valence-corrected chi connectivity index (χ4v) is 4.38. The molecule has 0 unspecified atom stereocenters. The van der Waals surface area contributed by atoms with Crippen molar-refractivity contribution in [1.29, 1.82) is 0 Å². The van der Waals surface area contributed by atoms with Crippen LogP contribution in [-0.4, -0.2) is 28.9 Å². The van der Waals surface area contributed by atoms with Gasteiger partial charge in [0, 0.05) is 18.3 Å². The second kappa shape index (κ2) is 10.0. The molecule has 1 saturated heterocycles. The van der Waals surface area contributed by atoms with Crippen molar-refractivity contribution < 1.29 is 13.6 Å². The molecule has 0 bridgehead atoms. The summed E-state index contributed by atoms with van der Waals surface area (Å²) in [5.74, 6) is -1.50. The SMILES string of the molecule is Cc1ccccc1C(=O)N[C@@H](c1ccccn1)C1CCN(Cc2ccc(F)c(F)c2)CC1. The minimum absolute atomic E-state index is 0.0945. The van der Waals surface area contributed by atoms with Crippen LogP contribution in [0.1, 0.15) is 46.1 Å². The van der Waals surface area contributed by atoms with E-state index < -0.39 is 11.6 Å². The lowest BCUT2D eigenvalue weighted by atomic mass is 9.86. The van der Waals surface area contributed by atoms with E-state index in [1.807, 2.05) is 49.4 Å². The number of rotatable bonds is 6. The number of amides is 1. The summed E-state index contributed by atoms with van der Waals surface area (Å²) in [6, 6.07) is 17.2. The van der Waals surface area contributed by atoms with Gasteiger partial charge in [-0.3, -0.25) is 14.7 Å². The van der Waals surface area contributed by atoms with E-state index in [0.717, 1.165) is 42.8 Å². The van der Waals surface area contributed by atoms with E-state index in [9.17, 15) is 13.6 Å². The maximum absolute atomic E-state index is 13.5. The van der Waals surface area contributed by atoms with Gasteiger partial charge in [-0.05, 0) is 80.2 Å². The summed E-state index contributed by atoms with van der Waals surface area (Å²) in [5.41, 5.74) is 3.22. The van der Waals surface area contributed by atoms with E-state index in [1.54, 1.807) is 12.3 Å². The number of nitrogens with one attached hydrogen (secondary N) is 1. The normalized spacial score (nSPS) is 16.0. The van der Waals surface area contributed by atoms with Crippen molar-refractivity contribution in [2.75, 3.05) is 13.1 Å². The highest BCUT2D eigenvalue weighted by Gasteiger charge is 2.30. The van der Waals surface area contributed by atoms with Crippen LogP contribution in [0.15, 0.2) is 66.9 Å². The van der Waals surface area contributed by atoms with Gasteiger partial charge in [-0.1, -0.05) is 30.3 Å². The number of hydrogen-bond acceptors (Lipinski definition) is 3. The molecule has 1 aromatic heterocycles. The van der Waals surface area contributed by atoms with Crippen LogP contribution in [0.25, 0.3) is 0 Å². The van der Waals surface area contributed by atoms with Crippen molar-refractivity contribution in [2.45, 2.75) is 32.4 Å². The summed E-state index contributed by atoms with van der Waals surface area (Å²) in [5, 5.41) is 3.23. The Morgan fingerprint density at radius 2 is 1.81 bits per heavy atom. The molecule has 1 atom stereocenters. The van der Waals surface area contributed by atoms with Crippen molar-refractivity contribution in [1.82, 2.24) is 15.2 Å². The lowest BCUT2D eigenvalue weighted by molar-refractivity contribution is 0.0887. The van der Waals surface area contributed by atoms with Gasteiger partial charge in [0.05, 0.1) is 11.7 Å². The van der Waals surface area contributed by atoms with E-state index in [-0.39, 0.29) is 17.9 Å². The number of hydrogen-bond donors (Lipinski definition) is 1. The van der Waals surface area contributed by atoms with Crippen molar-refractivity contribution in [2.24, 2.45) is 5.92 Å². The van der Waals surface area contributed by atoms with E-state index >= 15 is 0 Å². The quantitative estimate of drug-likeness (QED) is 0.589. The standard InChI is InChI=1S/C26H27F2N3O/c1-18-6-2-3-7-21(18)26(32)30-25(24-8-4-5-13-29-24)20-11-14-31(15-12-20)17-19-9-10-22(27)23(28)16-19/h2-10,13,16,20,25H,11-12,14-15,17H2,1H3,(H,30,32)/t25-/m1/s1. The van der Waals surface area contributed by atoms with Crippen molar-refractivity contribution >= 4 is 5.91 Å². The third-order valence-electron chi connectivity index (χ3n) is 6.18. The van der Waals surface area contributed by atoms with E-state index in [2.05, 4.69) is 15.2 Å². The smallest absolute Gasteiger partial charge is 0.252 e. The zero-order valence-electron chi connectivity index (χ0n) is 18.1. The maximum atomic E-state index is 13.5. The largest absolute Gasteiger partial charge is 0.343 e. The Balaban J connectivity index is 1.45. The topological polar surface area (TPSA) is 45.2 Å². The number of piperidine rings is 1. The average Bonchev–Trinajstić information content (AvgIpc) is 2.81. The van der Waals surface area contributed by atoms with E-state index in [1.165, 1.54) is 12.1 Å². The van der Waals surface area contributed by atoms with Gasteiger partial charge in [0.25, 0.3) is 5.91 Å². The summed E-state index contributed by atoms with van der Waals surface area (Å²) in [7, 11) is 0. The van der Waals surface area contributed by atoms with Gasteiger partial charge < -0.3 is 5.32 Å². The van der Waals surface area contributed by atoms with Gasteiger partial charge in [0.1, 0.15) is 0 Å². The average molecular weight is 436 g/mol. The predicted molar refractivity (Wildman–Crippen MR) is 120 cm³/mol. The Labute approximate surface area is 187 Å². The van der Waals surface area contributed by atoms with Crippen LogP contribution in [-0.2, 0) is 6.54 Å². The Hall–Kier alpha value is -3.12. The summed E-state index contributed by atoms with van der Waals surface area (Å²) in [6.45, 7) is 4.13. The Morgan fingerprint density at radius 1 is 1.06 bits per heavy atom. The number of carbonyl (C=O) groups is 1. The molecular weight excluding hydrogens is 408 g/mol. The molecular formula is C26H27F2N3O. The van der Waals surface area contributed by atoms with Crippen molar-refractivity contribution in [3.8, 4) is 0 Å². The first-order valence-electron chi connectivity index (χ1n) is 10.9. The van der Waals surface area contributed by atoms with Gasteiger partial charge >= 0.3 is 0 Å². The molecule has 1 aliphatic heterocycles. The predicted octanol–water partition coefficient (Wildman–Crippen LogP) is 5.05. The molecule has 0 saturated carbocycles. The monoisotopic (exact) mass is 435 g/mol. The molecule has 2 aromatic carbocycles. The molecule has 1 amide bonds. The molecule has 0 aliphatic carbocycles. The first kappa shape index (κ1) is 22.1. The van der Waals surface area contributed by atoms with Crippen LogP contribution in [0, 0.1) is 24.5 Å². The van der Waals surface area contributed by atoms with Gasteiger partial charge in [0.15, 0.2) is 11.6 Å². The Bertz CT molecular complexity index is 1070. The minimum Gasteiger partial charge on any atom is -0.343 e. The molecule has 4 rings (SSSR count). The molecule has 166 valence electrons. The van der Waals surface area contributed by atoms with Crippen LogP contribution in [0.2, 0.25) is 0 Å². The highest BCUT2D eigenvalue weighted by molar-refractivity contribution is 5.95. The maximum Gasteiger partial charge on any atom is 0.252 e. The fourth-order valence-electron chi connectivity index (χ4n) is 4.38. The Kier molecular flexibility index (Phi) is 6.90. The minimum atomic E-state index is -0.824. The lowest BCUT2D eigenvalue weighted by Gasteiger charge is -2.36. The van der Waals surface area contributed by atoms with E-state index in [4.69, 9.17) is 0 Å². The summed E-state index contributed by atoms with van der Waals surface area (Å²) in [4.78, 5) is 19.8. The number of aryl methyl sites for hydroxylation is 1. The third-order valence-corrected chi connectivity index (χ3v) is 6.18. The molecule has 1 aliphatic rings. The van der Waals surface area contributed by atoms with Gasteiger partial charge in [-0.25, -0.2) is 8.78 Å². The van der Waals surface area contributed by atoms with E-state index in [0.29, 0.717) is 12.1 Å². The van der Waals surface area contributed by atoms with Crippen molar-refractivity contribution in [3.05, 3.63) is 101 Å². The third kappa shape index (κ3) is 5.19. The van der Waals surface area contributed by atoms with Crippen LogP contribution >= 0.6 is 0 Å². The molecule has 32 heavy (non-hydrogen) atoms. The van der Waals surface area contributed by atoms with Crippen LogP contribution in [0.4, 0.5) is 8.78 Å². The lowest BCUT2D eigenvalue weighted by Crippen LogP contribution is -2.41. The zero-order chi connectivity index (χ0) is 22.5. The Morgan fingerprint density at radius 3 is 2.50 bits per heavy atom. The van der Waals surface area contributed by atoms with Crippen molar-refractivity contribution in [3.63, 3.8) is 0 Å². The number of pyridine rings is 1. The number of halogens is 2. The number of benzene rings is 2. The van der Waals surface area contributed by atoms with Crippen LogP contribution < -0.4 is 5.32 Å². The molecule has 0 radical (unpaired) electrons. The molecule has 1 N–H and O–H groups in total. The van der Waals surface area contributed by atoms with Gasteiger partial charge in [-0.15, -0.1) is 0 Å². The molecule has 1 fully saturated rings. The van der Waals surface area contributed by atoms with Crippen LogP contribution in [0.5, 0.6) is 0 Å². The highest BCUT2D eigenvalue weighted by atomic mass is 19.2. The molecule has 0 spiro atoms. The number of aromatic nitrogens is 1. The first-order chi connectivity index (χ1) is 15.5. The first-order valence-corrected chi connectivity index (χ1v) is 10.9. The molecule has 3 aromatic rings. The summed E-state index contributed by atoms with van der Waals surface area (Å²) < 4.78 is 26.7. The molecule has 2 heterocycles. The van der Waals surface area contributed by atoms with Gasteiger partial charge in [-0.2, -0.15) is 0 Å². The zero-order valence-corrected chi connectivity index (χ0v) is 18.1. The summed E-state index contributed by atoms with van der Waals surface area (Å²) >= 11 is 0. The fraction of sp³-hybridized carbons (Fsp3) is 0.308. The highest BCUT2D eigenvalue weighted by Crippen LogP contribution is 2.31. The van der Waals surface area contributed by atoms with Crippen LogP contribution in [0.3, 0.4) is 0 Å². The number of likely N-dealkylation sites (tertiary alicyclic amines) is 1. The number of carbonyl (C=O) groups excluding carboxylic acids is 1. The second-order valence-corrected chi connectivity index (χ2v) is 8.38. The number of nitrogens with zero attached hydrogens (tertiary/aromatic N) is 2. The van der Waals surface area contributed by atoms with Gasteiger partial charge in [0.2, 0.25) is 0 Å². The summed E-state index contributed by atoms with van der Waals surface area (Å²) in [6.07, 6.45) is 3.50. The molecule has 4 nitrogen and oxygen atoms in total. The molecule has 6 heteroatoms. The second-order valence-electron chi connectivity index (χ2n) is 8.38.